The first-order chi connectivity index (χ1) is 13.0. The van der Waals surface area contributed by atoms with E-state index in [1.165, 1.54) is 0 Å². The van der Waals surface area contributed by atoms with Gasteiger partial charge in [-0.05, 0) is 43.3 Å². The Labute approximate surface area is 159 Å². The molecule has 0 radical (unpaired) electrons. The molecule has 27 heavy (non-hydrogen) atoms. The van der Waals surface area contributed by atoms with Crippen LogP contribution >= 0.6 is 11.8 Å². The molecule has 138 valence electrons. The maximum atomic E-state index is 12.6. The molecule has 2 aliphatic heterocycles. The van der Waals surface area contributed by atoms with Gasteiger partial charge >= 0.3 is 0 Å². The molecule has 2 aromatic rings. The monoisotopic (exact) mass is 383 g/mol. The van der Waals surface area contributed by atoms with Crippen LogP contribution in [-0.2, 0) is 9.59 Å². The van der Waals surface area contributed by atoms with Gasteiger partial charge in [0.2, 0.25) is 5.91 Å². The largest absolute Gasteiger partial charge is 0.479 e. The van der Waals surface area contributed by atoms with Crippen LogP contribution in [0.1, 0.15) is 23.7 Å². The molecule has 1 unspecified atom stereocenters. The van der Waals surface area contributed by atoms with Crippen molar-refractivity contribution < 1.29 is 19.1 Å². The van der Waals surface area contributed by atoms with E-state index in [-0.39, 0.29) is 17.7 Å². The zero-order chi connectivity index (χ0) is 19.0. The van der Waals surface area contributed by atoms with E-state index in [4.69, 9.17) is 4.74 Å². The molecule has 4 rings (SSSR count). The van der Waals surface area contributed by atoms with Crippen molar-refractivity contribution in [1.82, 2.24) is 0 Å². The number of benzene rings is 2. The second-order valence-electron chi connectivity index (χ2n) is 6.27. The Morgan fingerprint density at radius 2 is 2.00 bits per heavy atom. The molecule has 3 N–H and O–H groups in total. The van der Waals surface area contributed by atoms with Gasteiger partial charge in [0.15, 0.2) is 6.10 Å². The average Bonchev–Trinajstić information content (AvgIpc) is 2.82. The van der Waals surface area contributed by atoms with Crippen molar-refractivity contribution in [2.24, 2.45) is 0 Å². The van der Waals surface area contributed by atoms with E-state index >= 15 is 0 Å². The second kappa shape index (κ2) is 6.96. The summed E-state index contributed by atoms with van der Waals surface area (Å²) in [6.07, 6.45) is -0.104. The van der Waals surface area contributed by atoms with Crippen molar-refractivity contribution >= 4 is 46.5 Å². The molecular formula is C19H17N3O4S. The number of fused-ring (bicyclic) bond motifs is 2. The van der Waals surface area contributed by atoms with Gasteiger partial charge < -0.3 is 20.7 Å². The lowest BCUT2D eigenvalue weighted by atomic mass is 10.1. The number of carbonyl (C=O) groups excluding carboxylic acids is 3. The number of amides is 3. The van der Waals surface area contributed by atoms with E-state index < -0.39 is 6.10 Å². The first-order valence-corrected chi connectivity index (χ1v) is 9.48. The number of carbonyl (C=O) groups is 3. The van der Waals surface area contributed by atoms with Gasteiger partial charge in [-0.1, -0.05) is 0 Å². The van der Waals surface area contributed by atoms with Crippen LogP contribution in [0, 0.1) is 0 Å². The summed E-state index contributed by atoms with van der Waals surface area (Å²) in [7, 11) is 0. The minimum absolute atomic E-state index is 0.0570. The van der Waals surface area contributed by atoms with Crippen LogP contribution in [0.2, 0.25) is 0 Å². The van der Waals surface area contributed by atoms with Gasteiger partial charge in [0.25, 0.3) is 11.8 Å². The lowest BCUT2D eigenvalue weighted by molar-refractivity contribution is -0.122. The van der Waals surface area contributed by atoms with Crippen molar-refractivity contribution in [2.45, 2.75) is 24.3 Å². The number of thioether (sulfide) groups is 1. The lowest BCUT2D eigenvalue weighted by Gasteiger charge is -2.23. The topological polar surface area (TPSA) is 96.5 Å². The quantitative estimate of drug-likeness (QED) is 0.741. The summed E-state index contributed by atoms with van der Waals surface area (Å²) < 4.78 is 5.51. The van der Waals surface area contributed by atoms with E-state index in [1.54, 1.807) is 49.0 Å². The van der Waals surface area contributed by atoms with Gasteiger partial charge in [-0.25, -0.2) is 0 Å². The van der Waals surface area contributed by atoms with E-state index in [0.717, 1.165) is 4.90 Å². The van der Waals surface area contributed by atoms with Gasteiger partial charge in [-0.3, -0.25) is 14.4 Å². The van der Waals surface area contributed by atoms with E-state index in [2.05, 4.69) is 16.0 Å². The number of hydrogen-bond acceptors (Lipinski definition) is 5. The van der Waals surface area contributed by atoms with Crippen molar-refractivity contribution in [3.63, 3.8) is 0 Å². The Morgan fingerprint density at radius 3 is 2.85 bits per heavy atom. The summed E-state index contributed by atoms with van der Waals surface area (Å²) in [5.74, 6) is 0.678. The Bertz CT molecular complexity index is 960. The van der Waals surface area contributed by atoms with Gasteiger partial charge in [0.05, 0.1) is 11.4 Å². The normalized spacial score (nSPS) is 18.2. The third-order valence-electron chi connectivity index (χ3n) is 4.27. The fraction of sp³-hybridized carbons (Fsp3) is 0.211. The minimum atomic E-state index is -0.550. The SMILES string of the molecule is CC1Oc2ccc(NC(=O)c3ccc4c(c3)NC(=O)CCS4)cc2NC1=O. The van der Waals surface area contributed by atoms with Crippen LogP contribution in [0.15, 0.2) is 41.3 Å². The Balaban J connectivity index is 1.54. The molecule has 8 heteroatoms. The van der Waals surface area contributed by atoms with Crippen LogP contribution in [0.4, 0.5) is 17.1 Å². The first-order valence-electron chi connectivity index (χ1n) is 8.49. The molecule has 1 atom stereocenters. The predicted octanol–water partition coefficient (Wildman–Crippen LogP) is 3.09. The van der Waals surface area contributed by atoms with Crippen molar-refractivity contribution in [2.75, 3.05) is 21.7 Å². The standard InChI is InChI=1S/C19H17N3O4S/c1-10-18(24)22-13-9-12(3-4-15(13)26-10)20-19(25)11-2-5-16-14(8-11)21-17(23)6-7-27-16/h2-5,8-10H,6-7H2,1H3,(H,20,25)(H,21,23)(H,22,24). The Hall–Kier alpha value is -3.00. The molecular weight excluding hydrogens is 366 g/mol. The zero-order valence-electron chi connectivity index (χ0n) is 14.5. The zero-order valence-corrected chi connectivity index (χ0v) is 15.3. The molecule has 0 bridgehead atoms. The summed E-state index contributed by atoms with van der Waals surface area (Å²) in [5, 5.41) is 8.38. The molecule has 3 amide bonds. The van der Waals surface area contributed by atoms with Gasteiger partial charge in [0, 0.05) is 28.3 Å². The molecule has 0 spiro atoms. The Kier molecular flexibility index (Phi) is 4.49. The number of anilines is 3. The van der Waals surface area contributed by atoms with Gasteiger partial charge in [-0.15, -0.1) is 11.8 Å². The van der Waals surface area contributed by atoms with Gasteiger partial charge in [0.1, 0.15) is 5.75 Å². The van der Waals surface area contributed by atoms with E-state index in [9.17, 15) is 14.4 Å². The molecule has 0 fully saturated rings. The first kappa shape index (κ1) is 17.4. The highest BCUT2D eigenvalue weighted by Crippen LogP contribution is 2.33. The third kappa shape index (κ3) is 3.61. The smallest absolute Gasteiger partial charge is 0.265 e. The van der Waals surface area contributed by atoms with Crippen LogP contribution < -0.4 is 20.7 Å². The number of hydrogen-bond donors (Lipinski definition) is 3. The maximum absolute atomic E-state index is 12.6. The van der Waals surface area contributed by atoms with Crippen LogP contribution in [0.3, 0.4) is 0 Å². The minimum Gasteiger partial charge on any atom is -0.479 e. The summed E-state index contributed by atoms with van der Waals surface area (Å²) in [6, 6.07) is 10.3. The van der Waals surface area contributed by atoms with Gasteiger partial charge in [-0.2, -0.15) is 0 Å². The summed E-state index contributed by atoms with van der Waals surface area (Å²) in [4.78, 5) is 37.0. The average molecular weight is 383 g/mol. The number of ether oxygens (including phenoxy) is 1. The Morgan fingerprint density at radius 1 is 1.15 bits per heavy atom. The van der Waals surface area contributed by atoms with E-state index in [0.29, 0.717) is 40.5 Å². The number of nitrogens with one attached hydrogen (secondary N) is 3. The molecule has 0 aliphatic carbocycles. The van der Waals surface area contributed by atoms with Crippen LogP contribution in [0.25, 0.3) is 0 Å². The highest BCUT2D eigenvalue weighted by atomic mass is 32.2. The third-order valence-corrected chi connectivity index (χ3v) is 5.35. The fourth-order valence-corrected chi connectivity index (χ4v) is 3.79. The molecule has 0 saturated heterocycles. The van der Waals surface area contributed by atoms with Crippen molar-refractivity contribution in [1.29, 1.82) is 0 Å². The lowest BCUT2D eigenvalue weighted by Crippen LogP contribution is -2.34. The predicted molar refractivity (Wildman–Crippen MR) is 104 cm³/mol. The summed E-state index contributed by atoms with van der Waals surface area (Å²) in [5.41, 5.74) is 2.13. The highest BCUT2D eigenvalue weighted by Gasteiger charge is 2.24. The summed E-state index contributed by atoms with van der Waals surface area (Å²) in [6.45, 7) is 1.67. The molecule has 0 aromatic heterocycles. The maximum Gasteiger partial charge on any atom is 0.265 e. The highest BCUT2D eigenvalue weighted by molar-refractivity contribution is 7.99. The van der Waals surface area contributed by atoms with Crippen molar-refractivity contribution in [3.8, 4) is 5.75 Å². The molecule has 2 heterocycles. The summed E-state index contributed by atoms with van der Waals surface area (Å²) >= 11 is 1.58. The molecule has 0 saturated carbocycles. The molecule has 2 aromatic carbocycles. The fourth-order valence-electron chi connectivity index (χ4n) is 2.85. The molecule has 7 nitrogen and oxygen atoms in total. The second-order valence-corrected chi connectivity index (χ2v) is 7.41. The van der Waals surface area contributed by atoms with Crippen molar-refractivity contribution in [3.05, 3.63) is 42.0 Å². The van der Waals surface area contributed by atoms with Crippen LogP contribution in [-0.4, -0.2) is 29.6 Å². The van der Waals surface area contributed by atoms with E-state index in [1.807, 2.05) is 6.07 Å². The molecule has 2 aliphatic rings. The number of rotatable bonds is 2. The van der Waals surface area contributed by atoms with Crippen LogP contribution in [0.5, 0.6) is 5.75 Å².